The molecule has 1 N–H and O–H groups in total. The Balaban J connectivity index is 0.000000513. The smallest absolute Gasteiger partial charge is 0.323 e. The SMILES string of the molecule is C1CC2CC2C1.CCN(C(=O)c1cc2cc(C)cc(C)c2n1CC(=O)O)c1nc(-c2cc(OC)c(Cl)cc2OC)cs1. The van der Waals surface area contributed by atoms with Gasteiger partial charge in [-0.25, -0.2) is 4.98 Å². The number of thiazole rings is 1. The lowest BCUT2D eigenvalue weighted by atomic mass is 10.1. The number of carboxylic acid groups (broad SMARTS) is 1. The predicted molar refractivity (Wildman–Crippen MR) is 168 cm³/mol. The molecule has 4 aromatic rings. The summed E-state index contributed by atoms with van der Waals surface area (Å²) < 4.78 is 12.4. The van der Waals surface area contributed by atoms with Crippen molar-refractivity contribution in [3.63, 3.8) is 0 Å². The molecule has 0 radical (unpaired) electrons. The highest BCUT2D eigenvalue weighted by molar-refractivity contribution is 7.14. The maximum absolute atomic E-state index is 13.8. The molecule has 2 unspecified atom stereocenters. The number of carboxylic acids is 1. The van der Waals surface area contributed by atoms with Crippen LogP contribution in [0.25, 0.3) is 22.2 Å². The lowest BCUT2D eigenvalue weighted by Gasteiger charge is -2.19. The number of benzene rings is 2. The fourth-order valence-electron chi connectivity index (χ4n) is 6.03. The first-order chi connectivity index (χ1) is 20.1. The molecule has 2 atom stereocenters. The van der Waals surface area contributed by atoms with Crippen LogP contribution in [0.5, 0.6) is 11.5 Å². The van der Waals surface area contributed by atoms with Crippen molar-refractivity contribution in [2.24, 2.45) is 11.8 Å². The summed E-state index contributed by atoms with van der Waals surface area (Å²) in [4.78, 5) is 31.7. The molecule has 2 fully saturated rings. The molecule has 2 heterocycles. The van der Waals surface area contributed by atoms with Crippen molar-refractivity contribution in [3.8, 4) is 22.8 Å². The molecule has 2 aromatic heterocycles. The van der Waals surface area contributed by atoms with Gasteiger partial charge >= 0.3 is 5.97 Å². The number of hydrogen-bond acceptors (Lipinski definition) is 6. The Morgan fingerprint density at radius 1 is 1.10 bits per heavy atom. The Morgan fingerprint density at radius 3 is 2.38 bits per heavy atom. The van der Waals surface area contributed by atoms with E-state index in [1.54, 1.807) is 54.0 Å². The van der Waals surface area contributed by atoms with Crippen LogP contribution >= 0.6 is 22.9 Å². The Hall–Kier alpha value is -3.56. The third-order valence-electron chi connectivity index (χ3n) is 8.09. The summed E-state index contributed by atoms with van der Waals surface area (Å²) in [6.07, 6.45) is 6.24. The third-order valence-corrected chi connectivity index (χ3v) is 9.25. The molecule has 2 aromatic carbocycles. The van der Waals surface area contributed by atoms with Crippen molar-refractivity contribution in [2.75, 3.05) is 25.7 Å². The minimum Gasteiger partial charge on any atom is -0.496 e. The Morgan fingerprint density at radius 2 is 1.81 bits per heavy atom. The van der Waals surface area contributed by atoms with Crippen molar-refractivity contribution >= 4 is 50.8 Å². The standard InChI is InChI=1S/C26H26ClN3O5S.C6H10/c1-6-29(26-28-19(13-36-26)17-10-22(35-5)18(27)11-21(17)34-4)25(33)20-9-16-8-14(2)7-15(3)24(16)30(20)12-23(31)32;1-2-5-4-6(5)3-1/h7-11,13H,6,12H2,1-5H3,(H,31,32);5-6H,1-4H2. The Labute approximate surface area is 254 Å². The number of nitrogens with zero attached hydrogens (tertiary/aromatic N) is 3. The van der Waals surface area contributed by atoms with Crippen LogP contribution in [0.3, 0.4) is 0 Å². The van der Waals surface area contributed by atoms with E-state index in [2.05, 4.69) is 0 Å². The number of anilines is 1. The molecule has 0 aliphatic heterocycles. The van der Waals surface area contributed by atoms with E-state index >= 15 is 0 Å². The molecule has 0 bridgehead atoms. The molecule has 8 nitrogen and oxygen atoms in total. The number of aliphatic carboxylic acids is 1. The van der Waals surface area contributed by atoms with Gasteiger partial charge in [-0.05, 0) is 62.8 Å². The van der Waals surface area contributed by atoms with Crippen molar-refractivity contribution in [2.45, 2.75) is 53.0 Å². The number of fused-ring (bicyclic) bond motifs is 2. The molecule has 6 rings (SSSR count). The zero-order valence-corrected chi connectivity index (χ0v) is 26.1. The fourth-order valence-corrected chi connectivity index (χ4v) is 7.15. The molecule has 2 aliphatic rings. The van der Waals surface area contributed by atoms with Crippen LogP contribution in [-0.4, -0.2) is 47.3 Å². The monoisotopic (exact) mass is 609 g/mol. The maximum Gasteiger partial charge on any atom is 0.323 e. The van der Waals surface area contributed by atoms with Crippen LogP contribution in [0.15, 0.2) is 35.7 Å². The van der Waals surface area contributed by atoms with Gasteiger partial charge in [0, 0.05) is 28.9 Å². The van der Waals surface area contributed by atoms with E-state index in [-0.39, 0.29) is 12.5 Å². The van der Waals surface area contributed by atoms with Gasteiger partial charge in [-0.3, -0.25) is 14.5 Å². The first-order valence-electron chi connectivity index (χ1n) is 14.2. The minimum atomic E-state index is -1.02. The van der Waals surface area contributed by atoms with Gasteiger partial charge in [0.1, 0.15) is 23.7 Å². The van der Waals surface area contributed by atoms with Crippen LogP contribution in [0.1, 0.15) is 54.2 Å². The van der Waals surface area contributed by atoms with Gasteiger partial charge in [0.05, 0.1) is 30.5 Å². The van der Waals surface area contributed by atoms with Crippen LogP contribution in [0.4, 0.5) is 5.13 Å². The lowest BCUT2D eigenvalue weighted by molar-refractivity contribution is -0.137. The number of amides is 1. The van der Waals surface area contributed by atoms with Crippen molar-refractivity contribution in [1.29, 1.82) is 0 Å². The van der Waals surface area contributed by atoms with E-state index in [1.165, 1.54) is 36.7 Å². The number of ether oxygens (including phenoxy) is 2. The van der Waals surface area contributed by atoms with Crippen LogP contribution in [-0.2, 0) is 11.3 Å². The number of methoxy groups -OCH3 is 2. The molecule has 0 spiro atoms. The van der Waals surface area contributed by atoms with E-state index < -0.39 is 5.97 Å². The maximum atomic E-state index is 13.8. The summed E-state index contributed by atoms with van der Waals surface area (Å²) in [5, 5.41) is 13.1. The Bertz CT molecular complexity index is 1640. The topological polar surface area (TPSA) is 93.9 Å². The largest absolute Gasteiger partial charge is 0.496 e. The van der Waals surface area contributed by atoms with Gasteiger partial charge in [-0.15, -0.1) is 11.3 Å². The number of hydrogen-bond donors (Lipinski definition) is 1. The van der Waals surface area contributed by atoms with Gasteiger partial charge in [-0.1, -0.05) is 42.5 Å². The first kappa shape index (κ1) is 29.9. The van der Waals surface area contributed by atoms with Crippen molar-refractivity contribution < 1.29 is 24.2 Å². The quantitative estimate of drug-likeness (QED) is 0.221. The zero-order valence-electron chi connectivity index (χ0n) is 24.6. The lowest BCUT2D eigenvalue weighted by Crippen LogP contribution is -2.32. The summed E-state index contributed by atoms with van der Waals surface area (Å²) in [5.74, 6) is 2.09. The van der Waals surface area contributed by atoms with E-state index in [0.717, 1.165) is 22.0 Å². The van der Waals surface area contributed by atoms with Gasteiger partial charge in [-0.2, -0.15) is 0 Å². The van der Waals surface area contributed by atoms with Crippen molar-refractivity contribution in [1.82, 2.24) is 9.55 Å². The molecule has 10 heteroatoms. The summed E-state index contributed by atoms with van der Waals surface area (Å²) in [6.45, 7) is 5.76. The number of rotatable bonds is 8. The van der Waals surface area contributed by atoms with Crippen LogP contribution in [0.2, 0.25) is 5.02 Å². The average Bonchev–Trinajstić information content (AvgIpc) is 3.29. The third kappa shape index (κ3) is 5.99. The number of aromatic nitrogens is 2. The number of carbonyl (C=O) groups is 2. The predicted octanol–water partition coefficient (Wildman–Crippen LogP) is 7.61. The molecule has 1 amide bonds. The fraction of sp³-hybridized carbons (Fsp3) is 0.406. The molecule has 2 aliphatic carbocycles. The van der Waals surface area contributed by atoms with Gasteiger partial charge in [0.2, 0.25) is 0 Å². The number of aryl methyl sites for hydroxylation is 2. The normalized spacial score (nSPS) is 16.9. The van der Waals surface area contributed by atoms with Crippen molar-refractivity contribution in [3.05, 3.63) is 57.6 Å². The van der Waals surface area contributed by atoms with Gasteiger partial charge < -0.3 is 19.1 Å². The summed E-state index contributed by atoms with van der Waals surface area (Å²) >= 11 is 7.55. The van der Waals surface area contributed by atoms with E-state index in [9.17, 15) is 14.7 Å². The average molecular weight is 610 g/mol. The molecule has 42 heavy (non-hydrogen) atoms. The molecular weight excluding hydrogens is 574 g/mol. The Kier molecular flexibility index (Phi) is 8.80. The van der Waals surface area contributed by atoms with Gasteiger partial charge in [0.15, 0.2) is 5.13 Å². The molecule has 222 valence electrons. The second-order valence-corrected chi connectivity index (χ2v) is 12.2. The van der Waals surface area contributed by atoms with E-state index in [0.29, 0.717) is 45.1 Å². The zero-order chi connectivity index (χ0) is 30.1. The van der Waals surface area contributed by atoms with Crippen LogP contribution < -0.4 is 14.4 Å². The summed E-state index contributed by atoms with van der Waals surface area (Å²) in [6, 6.07) is 9.09. The highest BCUT2D eigenvalue weighted by atomic mass is 35.5. The summed E-state index contributed by atoms with van der Waals surface area (Å²) in [5.41, 5.74) is 4.26. The molecule has 2 saturated carbocycles. The van der Waals surface area contributed by atoms with Crippen LogP contribution in [0, 0.1) is 25.7 Å². The highest BCUT2D eigenvalue weighted by Gasteiger charge is 2.40. The number of halogens is 1. The first-order valence-corrected chi connectivity index (χ1v) is 15.4. The van der Waals surface area contributed by atoms with Gasteiger partial charge in [0.25, 0.3) is 5.91 Å². The van der Waals surface area contributed by atoms with E-state index in [4.69, 9.17) is 26.1 Å². The second kappa shape index (κ2) is 12.4. The molecule has 0 saturated heterocycles. The minimum absolute atomic E-state index is 0.297. The molecular formula is C32H36ClN3O5S. The highest BCUT2D eigenvalue weighted by Crippen LogP contribution is 2.51. The number of carbonyl (C=O) groups excluding carboxylic acids is 1. The van der Waals surface area contributed by atoms with E-state index in [1.807, 2.05) is 38.3 Å². The summed E-state index contributed by atoms with van der Waals surface area (Å²) in [7, 11) is 3.07. The second-order valence-electron chi connectivity index (χ2n) is 11.0.